The highest BCUT2D eigenvalue weighted by molar-refractivity contribution is 14.0. The lowest BCUT2D eigenvalue weighted by Gasteiger charge is -2.18. The van der Waals surface area contributed by atoms with Gasteiger partial charge in [-0.25, -0.2) is 4.39 Å². The Balaban J connectivity index is 0.00000392. The minimum atomic E-state index is -0.326. The maximum Gasteiger partial charge on any atom is 0.251 e. The van der Waals surface area contributed by atoms with Crippen LogP contribution in [0.5, 0.6) is 5.75 Å². The van der Waals surface area contributed by atoms with E-state index in [2.05, 4.69) is 20.9 Å². The lowest BCUT2D eigenvalue weighted by Crippen LogP contribution is -2.41. The second kappa shape index (κ2) is 12.2. The molecule has 8 heteroatoms. The van der Waals surface area contributed by atoms with Crippen LogP contribution in [0.25, 0.3) is 0 Å². The molecule has 6 nitrogen and oxygen atoms in total. The summed E-state index contributed by atoms with van der Waals surface area (Å²) in [6, 6.07) is 13.4. The zero-order valence-electron chi connectivity index (χ0n) is 16.2. The van der Waals surface area contributed by atoms with E-state index in [9.17, 15) is 9.18 Å². The van der Waals surface area contributed by atoms with Gasteiger partial charge in [-0.15, -0.1) is 24.0 Å². The van der Waals surface area contributed by atoms with Crippen LogP contribution in [0.2, 0.25) is 0 Å². The Morgan fingerprint density at radius 1 is 1.18 bits per heavy atom. The smallest absolute Gasteiger partial charge is 0.251 e. The quantitative estimate of drug-likeness (QED) is 0.311. The molecule has 1 amide bonds. The second-order valence-corrected chi connectivity index (χ2v) is 5.97. The molecule has 2 aromatic rings. The molecule has 0 spiro atoms. The van der Waals surface area contributed by atoms with Crippen LogP contribution in [0.15, 0.2) is 53.5 Å². The van der Waals surface area contributed by atoms with E-state index in [-0.39, 0.29) is 41.8 Å². The number of benzene rings is 2. The van der Waals surface area contributed by atoms with Gasteiger partial charge >= 0.3 is 0 Å². The number of nitrogens with zero attached hydrogens (tertiary/aromatic N) is 1. The SMILES string of the molecule is CN=C(NCc1ccc(C(=O)NC)cc1)NCC(C)Oc1cccc(F)c1.I. The molecule has 152 valence electrons. The molecule has 0 aromatic heterocycles. The summed E-state index contributed by atoms with van der Waals surface area (Å²) in [5, 5.41) is 8.96. The van der Waals surface area contributed by atoms with Crippen LogP contribution in [0, 0.1) is 5.82 Å². The molecule has 0 aliphatic carbocycles. The van der Waals surface area contributed by atoms with E-state index in [4.69, 9.17) is 4.74 Å². The van der Waals surface area contributed by atoms with Crippen LogP contribution in [0.1, 0.15) is 22.8 Å². The number of carbonyl (C=O) groups excluding carboxylic acids is 1. The summed E-state index contributed by atoms with van der Waals surface area (Å²) < 4.78 is 18.9. The first-order valence-corrected chi connectivity index (χ1v) is 8.69. The fourth-order valence-electron chi connectivity index (χ4n) is 2.38. The molecule has 0 aliphatic heterocycles. The van der Waals surface area contributed by atoms with Crippen molar-refractivity contribution in [2.45, 2.75) is 19.6 Å². The summed E-state index contributed by atoms with van der Waals surface area (Å²) in [7, 11) is 3.29. The fraction of sp³-hybridized carbons (Fsp3) is 0.300. The van der Waals surface area contributed by atoms with E-state index in [0.717, 1.165) is 5.56 Å². The predicted molar refractivity (Wildman–Crippen MR) is 120 cm³/mol. The topological polar surface area (TPSA) is 74.8 Å². The number of rotatable bonds is 7. The lowest BCUT2D eigenvalue weighted by molar-refractivity contribution is 0.0963. The van der Waals surface area contributed by atoms with E-state index in [0.29, 0.717) is 30.4 Å². The average Bonchev–Trinajstić information content (AvgIpc) is 2.68. The number of hydrogen-bond acceptors (Lipinski definition) is 3. The van der Waals surface area contributed by atoms with E-state index < -0.39 is 0 Å². The average molecular weight is 500 g/mol. The summed E-state index contributed by atoms with van der Waals surface area (Å²) in [6.45, 7) is 2.96. The van der Waals surface area contributed by atoms with E-state index in [1.165, 1.54) is 12.1 Å². The predicted octanol–water partition coefficient (Wildman–Crippen LogP) is 2.94. The molecule has 1 atom stereocenters. The van der Waals surface area contributed by atoms with Gasteiger partial charge in [-0.05, 0) is 36.8 Å². The molecule has 2 aromatic carbocycles. The molecule has 28 heavy (non-hydrogen) atoms. The molecule has 0 fully saturated rings. The number of halogens is 2. The maximum atomic E-state index is 13.2. The van der Waals surface area contributed by atoms with Gasteiger partial charge in [-0.3, -0.25) is 9.79 Å². The van der Waals surface area contributed by atoms with Crippen molar-refractivity contribution in [2.75, 3.05) is 20.6 Å². The van der Waals surface area contributed by atoms with Gasteiger partial charge in [0.1, 0.15) is 17.7 Å². The highest BCUT2D eigenvalue weighted by Gasteiger charge is 2.07. The Labute approximate surface area is 182 Å². The number of hydrogen-bond donors (Lipinski definition) is 3. The Morgan fingerprint density at radius 2 is 1.89 bits per heavy atom. The highest BCUT2D eigenvalue weighted by atomic mass is 127. The Morgan fingerprint density at radius 3 is 2.50 bits per heavy atom. The first kappa shape index (κ1) is 23.7. The highest BCUT2D eigenvalue weighted by Crippen LogP contribution is 2.13. The van der Waals surface area contributed by atoms with Crippen molar-refractivity contribution in [3.63, 3.8) is 0 Å². The summed E-state index contributed by atoms with van der Waals surface area (Å²) in [6.07, 6.45) is -0.169. The molecule has 1 unspecified atom stereocenters. The minimum absolute atomic E-state index is 0. The number of carbonyl (C=O) groups is 1. The number of aliphatic imine (C=N–C) groups is 1. The third kappa shape index (κ3) is 7.71. The van der Waals surface area contributed by atoms with Crippen molar-refractivity contribution < 1.29 is 13.9 Å². The van der Waals surface area contributed by atoms with E-state index in [1.807, 2.05) is 19.1 Å². The van der Waals surface area contributed by atoms with Crippen LogP contribution in [0.4, 0.5) is 4.39 Å². The van der Waals surface area contributed by atoms with Gasteiger partial charge in [0.25, 0.3) is 5.91 Å². The molecule has 0 saturated heterocycles. The molecule has 0 saturated carbocycles. The van der Waals surface area contributed by atoms with Crippen molar-refractivity contribution >= 4 is 35.8 Å². The van der Waals surface area contributed by atoms with Crippen LogP contribution >= 0.6 is 24.0 Å². The summed E-state index contributed by atoms with van der Waals surface area (Å²) in [5.41, 5.74) is 1.64. The van der Waals surface area contributed by atoms with Crippen molar-refractivity contribution in [2.24, 2.45) is 4.99 Å². The first-order valence-electron chi connectivity index (χ1n) is 8.69. The molecule has 0 heterocycles. The number of ether oxygens (including phenoxy) is 1. The van der Waals surface area contributed by atoms with Gasteiger partial charge in [0.05, 0.1) is 6.54 Å². The van der Waals surface area contributed by atoms with Crippen LogP contribution < -0.4 is 20.7 Å². The monoisotopic (exact) mass is 500 g/mol. The molecular weight excluding hydrogens is 474 g/mol. The van der Waals surface area contributed by atoms with Gasteiger partial charge in [0.2, 0.25) is 0 Å². The standard InChI is InChI=1S/C20H25FN4O2.HI/c1-14(27-18-6-4-5-17(21)11-18)12-24-20(23-3)25-13-15-7-9-16(10-8-15)19(26)22-2;/h4-11,14H,12-13H2,1-3H3,(H,22,26)(H2,23,24,25);1H. The van der Waals surface area contributed by atoms with Crippen LogP contribution in [0.3, 0.4) is 0 Å². The van der Waals surface area contributed by atoms with Crippen molar-refractivity contribution in [1.29, 1.82) is 0 Å². The second-order valence-electron chi connectivity index (χ2n) is 5.97. The molecule has 3 N–H and O–H groups in total. The normalized spacial score (nSPS) is 11.8. The number of amides is 1. The Kier molecular flexibility index (Phi) is 10.3. The summed E-state index contributed by atoms with van der Waals surface area (Å²) in [4.78, 5) is 15.7. The fourth-order valence-corrected chi connectivity index (χ4v) is 2.38. The van der Waals surface area contributed by atoms with Crippen LogP contribution in [-0.4, -0.2) is 38.6 Å². The van der Waals surface area contributed by atoms with Gasteiger partial charge in [-0.1, -0.05) is 18.2 Å². The van der Waals surface area contributed by atoms with Crippen molar-refractivity contribution in [1.82, 2.24) is 16.0 Å². The zero-order chi connectivity index (χ0) is 19.6. The lowest BCUT2D eigenvalue weighted by atomic mass is 10.1. The van der Waals surface area contributed by atoms with E-state index in [1.54, 1.807) is 38.4 Å². The van der Waals surface area contributed by atoms with Crippen molar-refractivity contribution in [3.8, 4) is 5.75 Å². The maximum absolute atomic E-state index is 13.2. The molecular formula is C20H26FIN4O2. The Bertz CT molecular complexity index is 784. The van der Waals surface area contributed by atoms with Gasteiger partial charge < -0.3 is 20.7 Å². The minimum Gasteiger partial charge on any atom is -0.489 e. The van der Waals surface area contributed by atoms with Crippen LogP contribution in [-0.2, 0) is 6.54 Å². The number of guanidine groups is 1. The van der Waals surface area contributed by atoms with Crippen molar-refractivity contribution in [3.05, 3.63) is 65.5 Å². The molecule has 2 rings (SSSR count). The first-order chi connectivity index (χ1) is 13.0. The van der Waals surface area contributed by atoms with Gasteiger partial charge in [0, 0.05) is 32.3 Å². The molecule has 0 bridgehead atoms. The largest absolute Gasteiger partial charge is 0.489 e. The zero-order valence-corrected chi connectivity index (χ0v) is 18.5. The molecule has 0 aliphatic rings. The molecule has 0 radical (unpaired) electrons. The van der Waals surface area contributed by atoms with Gasteiger partial charge in [0.15, 0.2) is 5.96 Å². The third-order valence-electron chi connectivity index (χ3n) is 3.82. The third-order valence-corrected chi connectivity index (χ3v) is 3.82. The van der Waals surface area contributed by atoms with E-state index >= 15 is 0 Å². The summed E-state index contributed by atoms with van der Waals surface area (Å²) in [5.74, 6) is 0.676. The van der Waals surface area contributed by atoms with Gasteiger partial charge in [-0.2, -0.15) is 0 Å². The summed E-state index contributed by atoms with van der Waals surface area (Å²) >= 11 is 0. The Hall–Kier alpha value is -2.36. The number of nitrogens with one attached hydrogen (secondary N) is 3.